The first-order chi connectivity index (χ1) is 16.3. The van der Waals surface area contributed by atoms with Gasteiger partial charge in [0.1, 0.15) is 6.04 Å². The molecule has 0 saturated carbocycles. The van der Waals surface area contributed by atoms with Gasteiger partial charge in [-0.15, -0.1) is 24.8 Å². The van der Waals surface area contributed by atoms with Gasteiger partial charge in [-0.05, 0) is 49.1 Å². The van der Waals surface area contributed by atoms with Crippen LogP contribution in [0.3, 0.4) is 0 Å². The molecule has 0 aromatic heterocycles. The standard InChI is InChI=1S/C24H23N5O5.2ClH/c25-14-7-6-13-3-2-10-28(18(13)11-14)20(31)12-26-16-5-1-4-15-21(16)24(34)29(23(15)33)17-8-9-19(30)27-22(17)32;;/h1,4-7,11,17,26H,2-3,8-10,12,25H2,(H,27,30,32);2*1H. The van der Waals surface area contributed by atoms with Gasteiger partial charge in [-0.3, -0.25) is 34.2 Å². The molecule has 1 saturated heterocycles. The van der Waals surface area contributed by atoms with Crippen LogP contribution in [0.2, 0.25) is 0 Å². The normalized spacial score (nSPS) is 18.5. The molecular weight excluding hydrogens is 509 g/mol. The van der Waals surface area contributed by atoms with Gasteiger partial charge in [0.15, 0.2) is 0 Å². The summed E-state index contributed by atoms with van der Waals surface area (Å²) in [5, 5.41) is 5.18. The molecule has 10 nitrogen and oxygen atoms in total. The first-order valence-corrected chi connectivity index (χ1v) is 11.1. The van der Waals surface area contributed by atoms with E-state index in [2.05, 4.69) is 10.6 Å². The number of nitrogen functional groups attached to an aromatic ring is 1. The van der Waals surface area contributed by atoms with Crippen LogP contribution >= 0.6 is 24.8 Å². The highest BCUT2D eigenvalue weighted by atomic mass is 35.5. The highest BCUT2D eigenvalue weighted by Gasteiger charge is 2.45. The van der Waals surface area contributed by atoms with Crippen LogP contribution in [0.5, 0.6) is 0 Å². The van der Waals surface area contributed by atoms with Gasteiger partial charge in [0.2, 0.25) is 17.7 Å². The predicted octanol–water partition coefficient (Wildman–Crippen LogP) is 1.90. The summed E-state index contributed by atoms with van der Waals surface area (Å²) in [4.78, 5) is 65.5. The topological polar surface area (TPSA) is 142 Å². The first kappa shape index (κ1) is 27.0. The molecule has 1 unspecified atom stereocenters. The zero-order chi connectivity index (χ0) is 24.0. The summed E-state index contributed by atoms with van der Waals surface area (Å²) in [5.74, 6) is -2.51. The molecule has 1 fully saturated rings. The highest BCUT2D eigenvalue weighted by molar-refractivity contribution is 6.25. The van der Waals surface area contributed by atoms with Gasteiger partial charge in [0.05, 0.1) is 17.7 Å². The number of piperidine rings is 1. The molecule has 2 aromatic rings. The Morgan fingerprint density at radius 1 is 1.06 bits per heavy atom. The maximum Gasteiger partial charge on any atom is 0.264 e. The van der Waals surface area contributed by atoms with E-state index in [0.717, 1.165) is 29.0 Å². The van der Waals surface area contributed by atoms with Crippen molar-refractivity contribution in [3.8, 4) is 0 Å². The number of carbonyl (C=O) groups excluding carboxylic acids is 5. The number of halogens is 2. The molecule has 0 radical (unpaired) electrons. The molecule has 5 rings (SSSR count). The van der Waals surface area contributed by atoms with E-state index in [4.69, 9.17) is 5.73 Å². The average Bonchev–Trinajstić information content (AvgIpc) is 3.07. The maximum atomic E-state index is 13.2. The molecule has 12 heteroatoms. The van der Waals surface area contributed by atoms with E-state index in [1.165, 1.54) is 6.07 Å². The van der Waals surface area contributed by atoms with Gasteiger partial charge in [-0.25, -0.2) is 0 Å². The molecule has 1 atom stereocenters. The molecule has 3 aliphatic heterocycles. The van der Waals surface area contributed by atoms with E-state index in [0.29, 0.717) is 17.9 Å². The number of nitrogens with zero attached hydrogens (tertiary/aromatic N) is 2. The van der Waals surface area contributed by atoms with Crippen molar-refractivity contribution >= 4 is 71.4 Å². The number of nitrogens with one attached hydrogen (secondary N) is 2. The van der Waals surface area contributed by atoms with E-state index in [9.17, 15) is 24.0 Å². The lowest BCUT2D eigenvalue weighted by atomic mass is 10.0. The first-order valence-electron chi connectivity index (χ1n) is 11.1. The fraction of sp³-hybridized carbons (Fsp3) is 0.292. The molecule has 190 valence electrons. The molecular formula is C24H25Cl2N5O5. The number of fused-ring (bicyclic) bond motifs is 2. The summed E-state index contributed by atoms with van der Waals surface area (Å²) in [7, 11) is 0. The van der Waals surface area contributed by atoms with E-state index in [-0.39, 0.29) is 61.2 Å². The summed E-state index contributed by atoms with van der Waals surface area (Å²) in [5.41, 5.74) is 8.94. The minimum atomic E-state index is -1.05. The number of aryl methyl sites for hydroxylation is 1. The molecule has 3 heterocycles. The van der Waals surface area contributed by atoms with Crippen molar-refractivity contribution in [2.45, 2.75) is 31.7 Å². The zero-order valence-corrected chi connectivity index (χ0v) is 20.7. The van der Waals surface area contributed by atoms with Crippen molar-refractivity contribution < 1.29 is 24.0 Å². The summed E-state index contributed by atoms with van der Waals surface area (Å²) >= 11 is 0. The molecule has 0 spiro atoms. The van der Waals surface area contributed by atoms with Crippen LogP contribution in [0.4, 0.5) is 17.1 Å². The van der Waals surface area contributed by atoms with Crippen molar-refractivity contribution in [2.75, 3.05) is 29.0 Å². The van der Waals surface area contributed by atoms with Gasteiger partial charge in [0, 0.05) is 30.0 Å². The molecule has 2 aromatic carbocycles. The number of hydrogen-bond donors (Lipinski definition) is 3. The Balaban J connectivity index is 0.00000180. The molecule has 36 heavy (non-hydrogen) atoms. The van der Waals surface area contributed by atoms with Crippen molar-refractivity contribution in [1.29, 1.82) is 0 Å². The lowest BCUT2D eigenvalue weighted by Crippen LogP contribution is -2.54. The summed E-state index contributed by atoms with van der Waals surface area (Å²) in [6, 6.07) is 9.22. The molecule has 0 bridgehead atoms. The Kier molecular flexibility index (Phi) is 7.90. The van der Waals surface area contributed by atoms with Crippen LogP contribution in [0, 0.1) is 0 Å². The lowest BCUT2D eigenvalue weighted by molar-refractivity contribution is -0.136. The number of nitrogens with two attached hydrogens (primary N) is 1. The van der Waals surface area contributed by atoms with Crippen molar-refractivity contribution in [3.05, 3.63) is 53.1 Å². The second-order valence-electron chi connectivity index (χ2n) is 8.57. The minimum Gasteiger partial charge on any atom is -0.399 e. The average molecular weight is 534 g/mol. The van der Waals surface area contributed by atoms with E-state index in [1.54, 1.807) is 23.1 Å². The molecule has 4 N–H and O–H groups in total. The Morgan fingerprint density at radius 2 is 1.83 bits per heavy atom. The molecule has 0 aliphatic carbocycles. The monoisotopic (exact) mass is 533 g/mol. The van der Waals surface area contributed by atoms with Crippen LogP contribution < -0.4 is 21.3 Å². The highest BCUT2D eigenvalue weighted by Crippen LogP contribution is 2.33. The number of rotatable bonds is 4. The molecule has 5 amide bonds. The van der Waals surface area contributed by atoms with Crippen LogP contribution in [-0.2, 0) is 20.8 Å². The van der Waals surface area contributed by atoms with Crippen LogP contribution in [-0.4, -0.2) is 53.6 Å². The van der Waals surface area contributed by atoms with Gasteiger partial charge >= 0.3 is 0 Å². The third-order valence-electron chi connectivity index (χ3n) is 6.43. The number of hydrogen-bond acceptors (Lipinski definition) is 7. The van der Waals surface area contributed by atoms with Crippen LogP contribution in [0.25, 0.3) is 0 Å². The van der Waals surface area contributed by atoms with Crippen molar-refractivity contribution in [3.63, 3.8) is 0 Å². The summed E-state index contributed by atoms with van der Waals surface area (Å²) in [6.07, 6.45) is 1.82. The largest absolute Gasteiger partial charge is 0.399 e. The Bertz CT molecular complexity index is 1270. The number of amides is 5. The Morgan fingerprint density at radius 3 is 2.58 bits per heavy atom. The van der Waals surface area contributed by atoms with Crippen molar-refractivity contribution in [2.24, 2.45) is 0 Å². The van der Waals surface area contributed by atoms with Gasteiger partial charge in [0.25, 0.3) is 11.8 Å². The fourth-order valence-electron chi connectivity index (χ4n) is 4.78. The van der Waals surface area contributed by atoms with E-state index in [1.807, 2.05) is 12.1 Å². The zero-order valence-electron chi connectivity index (χ0n) is 19.1. The number of imide groups is 2. The Hall–Kier alpha value is -3.63. The van der Waals surface area contributed by atoms with Gasteiger partial charge in [-0.2, -0.15) is 0 Å². The van der Waals surface area contributed by atoms with Gasteiger partial charge < -0.3 is 16.0 Å². The second kappa shape index (κ2) is 10.5. The third-order valence-corrected chi connectivity index (χ3v) is 6.43. The van der Waals surface area contributed by atoms with Gasteiger partial charge in [-0.1, -0.05) is 12.1 Å². The number of anilines is 3. The SMILES string of the molecule is Cl.Cl.Nc1ccc2c(c1)N(C(=O)CNc1cccc3c1C(=O)N(C1CCC(=O)NC1=O)C3=O)CCC2. The quantitative estimate of drug-likeness (QED) is 0.402. The Labute approximate surface area is 219 Å². The second-order valence-corrected chi connectivity index (χ2v) is 8.57. The van der Waals surface area contributed by atoms with Crippen molar-refractivity contribution in [1.82, 2.24) is 10.2 Å². The summed E-state index contributed by atoms with van der Waals surface area (Å²) < 4.78 is 0. The third kappa shape index (κ3) is 4.61. The van der Waals surface area contributed by atoms with E-state index < -0.39 is 29.7 Å². The van der Waals surface area contributed by atoms with Crippen LogP contribution in [0.1, 0.15) is 45.5 Å². The summed E-state index contributed by atoms with van der Waals surface area (Å²) in [6.45, 7) is 0.467. The number of carbonyl (C=O) groups is 5. The number of benzene rings is 2. The van der Waals surface area contributed by atoms with Crippen LogP contribution in [0.15, 0.2) is 36.4 Å². The fourth-order valence-corrected chi connectivity index (χ4v) is 4.78. The lowest BCUT2D eigenvalue weighted by Gasteiger charge is -2.30. The smallest absolute Gasteiger partial charge is 0.264 e. The molecule has 3 aliphatic rings. The minimum absolute atomic E-state index is 0. The maximum absolute atomic E-state index is 13.2. The predicted molar refractivity (Wildman–Crippen MR) is 138 cm³/mol. The van der Waals surface area contributed by atoms with E-state index >= 15 is 0 Å².